The number of benzene rings is 1. The average Bonchev–Trinajstić information content (AvgIpc) is 3.38. The van der Waals surface area contributed by atoms with Crippen LogP contribution in [0.3, 0.4) is 0 Å². The number of carbonyl (C=O) groups is 1. The minimum atomic E-state index is -0.251. The molecular formula is C23H26N6O2S. The number of rotatable bonds is 3. The number of aryl methyl sites for hydroxylation is 1. The summed E-state index contributed by atoms with van der Waals surface area (Å²) in [5, 5.41) is 10.4. The molecule has 0 bridgehead atoms. The highest BCUT2D eigenvalue weighted by atomic mass is 32.1. The Kier molecular flexibility index (Phi) is 7.21. The second-order valence-electron chi connectivity index (χ2n) is 7.58. The summed E-state index contributed by atoms with van der Waals surface area (Å²) in [7, 11) is 1.80. The molecule has 4 aromatic rings. The highest BCUT2D eigenvalue weighted by Crippen LogP contribution is 2.29. The third-order valence-electron chi connectivity index (χ3n) is 5.06. The molecule has 1 fully saturated rings. The number of fused-ring (bicyclic) bond motifs is 1. The van der Waals surface area contributed by atoms with Crippen LogP contribution in [0.2, 0.25) is 0 Å². The molecule has 0 spiro atoms. The number of nitrogens with zero attached hydrogens (tertiary/aromatic N) is 4. The molecule has 3 N–H and O–H groups in total. The maximum Gasteiger partial charge on any atom is 0.275 e. The fourth-order valence-corrected chi connectivity index (χ4v) is 4.21. The summed E-state index contributed by atoms with van der Waals surface area (Å²) in [6.45, 7) is 1.77. The summed E-state index contributed by atoms with van der Waals surface area (Å²) in [6.07, 6.45) is 8.41. The number of nitrogens with one attached hydrogen (secondary N) is 1. The van der Waals surface area contributed by atoms with Gasteiger partial charge in [0.25, 0.3) is 5.91 Å². The Hall–Kier alpha value is -3.14. The van der Waals surface area contributed by atoms with Crippen molar-refractivity contribution < 1.29 is 9.53 Å². The molecule has 9 heteroatoms. The quantitative estimate of drug-likeness (QED) is 0.491. The molecular weight excluding hydrogens is 424 g/mol. The summed E-state index contributed by atoms with van der Waals surface area (Å²) in [5.74, 6) is -0.251. The van der Waals surface area contributed by atoms with Gasteiger partial charge < -0.3 is 15.8 Å². The molecule has 0 unspecified atom stereocenters. The lowest BCUT2D eigenvalue weighted by molar-refractivity contribution is 0.102. The van der Waals surface area contributed by atoms with E-state index in [2.05, 4.69) is 20.4 Å². The number of anilines is 1. The van der Waals surface area contributed by atoms with Crippen molar-refractivity contribution >= 4 is 33.8 Å². The highest BCUT2D eigenvalue weighted by Gasteiger charge is 2.14. The average molecular weight is 451 g/mol. The number of para-hydroxylation sites is 1. The van der Waals surface area contributed by atoms with Crippen molar-refractivity contribution in [1.29, 1.82) is 0 Å². The molecule has 32 heavy (non-hydrogen) atoms. The van der Waals surface area contributed by atoms with Gasteiger partial charge in [-0.2, -0.15) is 5.10 Å². The van der Waals surface area contributed by atoms with E-state index in [1.165, 1.54) is 11.3 Å². The van der Waals surface area contributed by atoms with Crippen LogP contribution in [-0.4, -0.2) is 44.9 Å². The Morgan fingerprint density at radius 2 is 2.12 bits per heavy atom. The maximum atomic E-state index is 12.3. The molecule has 0 saturated carbocycles. The predicted octanol–water partition coefficient (Wildman–Crippen LogP) is 3.86. The van der Waals surface area contributed by atoms with Crippen molar-refractivity contribution in [2.45, 2.75) is 25.3 Å². The summed E-state index contributed by atoms with van der Waals surface area (Å²) >= 11 is 1.43. The lowest BCUT2D eigenvalue weighted by Gasteiger charge is -2.02. The first-order chi connectivity index (χ1) is 15.6. The van der Waals surface area contributed by atoms with Gasteiger partial charge in [0.1, 0.15) is 10.7 Å². The zero-order chi connectivity index (χ0) is 22.3. The van der Waals surface area contributed by atoms with E-state index >= 15 is 0 Å². The number of hydrogen-bond donors (Lipinski definition) is 2. The van der Waals surface area contributed by atoms with E-state index < -0.39 is 0 Å². The van der Waals surface area contributed by atoms with Gasteiger partial charge in [-0.25, -0.2) is 4.98 Å². The first-order valence-electron chi connectivity index (χ1n) is 10.5. The third kappa shape index (κ3) is 5.56. The van der Waals surface area contributed by atoms with Gasteiger partial charge in [0.15, 0.2) is 0 Å². The van der Waals surface area contributed by atoms with Gasteiger partial charge in [-0.05, 0) is 31.4 Å². The van der Waals surface area contributed by atoms with Gasteiger partial charge in [0.05, 0.1) is 17.4 Å². The van der Waals surface area contributed by atoms with Gasteiger partial charge in [-0.15, -0.1) is 11.3 Å². The standard InChI is InChI=1S/C17H13N5OS.C6H13NO/c1-22-9-12(8-19-22)20-16(23)14-10-24-17(21-14)13-6-2-4-11-5-3-7-18-15(11)13;7-6-2-1-4-8-5-3-6/h2-10H,1H3,(H,20,23);6H,1-5,7H2/t;6-/m.1/s1. The highest BCUT2D eigenvalue weighted by molar-refractivity contribution is 7.13. The molecule has 1 saturated heterocycles. The van der Waals surface area contributed by atoms with Gasteiger partial charge in [-0.3, -0.25) is 14.5 Å². The topological polar surface area (TPSA) is 108 Å². The molecule has 4 heterocycles. The van der Waals surface area contributed by atoms with E-state index in [4.69, 9.17) is 10.5 Å². The van der Waals surface area contributed by atoms with Crippen molar-refractivity contribution in [1.82, 2.24) is 19.7 Å². The van der Waals surface area contributed by atoms with Crippen molar-refractivity contribution in [3.05, 3.63) is 60.0 Å². The minimum absolute atomic E-state index is 0.251. The zero-order valence-electron chi connectivity index (χ0n) is 17.9. The molecule has 0 aliphatic carbocycles. The summed E-state index contributed by atoms with van der Waals surface area (Å²) < 4.78 is 6.81. The largest absolute Gasteiger partial charge is 0.381 e. The van der Waals surface area contributed by atoms with Crippen LogP contribution >= 0.6 is 11.3 Å². The van der Waals surface area contributed by atoms with Gasteiger partial charge in [-0.1, -0.05) is 18.2 Å². The molecule has 1 amide bonds. The van der Waals surface area contributed by atoms with Crippen molar-refractivity contribution in [2.75, 3.05) is 18.5 Å². The number of nitrogens with two attached hydrogens (primary N) is 1. The number of carbonyl (C=O) groups excluding carboxylic acids is 1. The Morgan fingerprint density at radius 1 is 1.25 bits per heavy atom. The van der Waals surface area contributed by atoms with Crippen LogP contribution in [0.1, 0.15) is 29.8 Å². The Balaban J connectivity index is 0.000000260. The van der Waals surface area contributed by atoms with Crippen LogP contribution in [0.4, 0.5) is 5.69 Å². The SMILES string of the molecule is Cn1cc(NC(=O)c2csc(-c3cccc4cccnc34)n2)cn1.N[C@@H]1CCCOCC1. The smallest absolute Gasteiger partial charge is 0.275 e. The number of thiazole rings is 1. The second-order valence-corrected chi connectivity index (χ2v) is 8.44. The molecule has 8 nitrogen and oxygen atoms in total. The lowest BCUT2D eigenvalue weighted by atomic mass is 10.1. The minimum Gasteiger partial charge on any atom is -0.381 e. The predicted molar refractivity (Wildman–Crippen MR) is 127 cm³/mol. The molecule has 0 radical (unpaired) electrons. The zero-order valence-corrected chi connectivity index (χ0v) is 18.7. The number of pyridine rings is 1. The fourth-order valence-electron chi connectivity index (χ4n) is 3.39. The molecule has 1 aliphatic rings. The van der Waals surface area contributed by atoms with Crippen molar-refractivity contribution in [2.24, 2.45) is 12.8 Å². The molecule has 5 rings (SSSR count). The molecule has 3 aromatic heterocycles. The summed E-state index contributed by atoms with van der Waals surface area (Å²) in [6, 6.07) is 10.3. The molecule has 1 aliphatic heterocycles. The monoisotopic (exact) mass is 450 g/mol. The lowest BCUT2D eigenvalue weighted by Crippen LogP contribution is -2.19. The molecule has 1 atom stereocenters. The van der Waals surface area contributed by atoms with Gasteiger partial charge in [0.2, 0.25) is 0 Å². The normalized spacial score (nSPS) is 16.1. The van der Waals surface area contributed by atoms with E-state index in [0.717, 1.165) is 54.0 Å². The number of hydrogen-bond acceptors (Lipinski definition) is 7. The van der Waals surface area contributed by atoms with Crippen LogP contribution in [0, 0.1) is 0 Å². The fraction of sp³-hybridized carbons (Fsp3) is 0.304. The third-order valence-corrected chi connectivity index (χ3v) is 5.93. The summed E-state index contributed by atoms with van der Waals surface area (Å²) in [5.41, 5.74) is 8.49. The Bertz CT molecular complexity index is 1170. The number of amides is 1. The Morgan fingerprint density at radius 3 is 2.97 bits per heavy atom. The van der Waals surface area contributed by atoms with E-state index in [1.807, 2.05) is 30.3 Å². The first kappa shape index (κ1) is 22.1. The first-order valence-corrected chi connectivity index (χ1v) is 11.4. The van der Waals surface area contributed by atoms with Crippen LogP contribution in [0.15, 0.2) is 54.3 Å². The number of ether oxygens (including phenoxy) is 1. The van der Waals surface area contributed by atoms with E-state index in [-0.39, 0.29) is 5.91 Å². The van der Waals surface area contributed by atoms with Crippen LogP contribution in [-0.2, 0) is 11.8 Å². The molecule has 1 aromatic carbocycles. The van der Waals surface area contributed by atoms with Gasteiger partial charge >= 0.3 is 0 Å². The van der Waals surface area contributed by atoms with E-state index in [0.29, 0.717) is 17.4 Å². The maximum absolute atomic E-state index is 12.3. The molecule has 166 valence electrons. The van der Waals surface area contributed by atoms with Gasteiger partial charge in [0, 0.05) is 55.0 Å². The van der Waals surface area contributed by atoms with E-state index in [9.17, 15) is 4.79 Å². The van der Waals surface area contributed by atoms with Crippen LogP contribution < -0.4 is 11.1 Å². The summed E-state index contributed by atoms with van der Waals surface area (Å²) in [4.78, 5) is 21.2. The van der Waals surface area contributed by atoms with Crippen molar-refractivity contribution in [3.8, 4) is 10.6 Å². The van der Waals surface area contributed by atoms with Crippen LogP contribution in [0.25, 0.3) is 21.5 Å². The van der Waals surface area contributed by atoms with E-state index in [1.54, 1.807) is 35.7 Å². The number of aromatic nitrogens is 4. The Labute approximate surface area is 190 Å². The van der Waals surface area contributed by atoms with Crippen LogP contribution in [0.5, 0.6) is 0 Å². The van der Waals surface area contributed by atoms with Crippen molar-refractivity contribution in [3.63, 3.8) is 0 Å². The second kappa shape index (κ2) is 10.4.